The third kappa shape index (κ3) is 3.26. The van der Waals surface area contributed by atoms with Crippen LogP contribution in [0.25, 0.3) is 0 Å². The van der Waals surface area contributed by atoms with E-state index in [2.05, 4.69) is 9.97 Å². The Morgan fingerprint density at radius 1 is 1.25 bits per heavy atom. The molecule has 0 fully saturated rings. The third-order valence-electron chi connectivity index (χ3n) is 2.60. The van der Waals surface area contributed by atoms with Crippen LogP contribution in [0.15, 0.2) is 36.8 Å². The van der Waals surface area contributed by atoms with E-state index in [-0.39, 0.29) is 11.5 Å². The van der Waals surface area contributed by atoms with E-state index in [4.69, 9.17) is 27.9 Å². The maximum atomic E-state index is 12.4. The molecule has 1 aromatic heterocycles. The van der Waals surface area contributed by atoms with Gasteiger partial charge < -0.3 is 4.74 Å². The highest BCUT2D eigenvalue weighted by Crippen LogP contribution is 2.31. The molecule has 1 aromatic carbocycles. The summed E-state index contributed by atoms with van der Waals surface area (Å²) in [6.45, 7) is 3.30. The lowest BCUT2D eigenvalue weighted by Gasteiger charge is -2.25. The summed E-state index contributed by atoms with van der Waals surface area (Å²) in [5, 5.41) is 0.845. The van der Waals surface area contributed by atoms with Gasteiger partial charge in [0.25, 0.3) is 0 Å². The molecule has 0 saturated heterocycles. The topological polar surface area (TPSA) is 52.1 Å². The van der Waals surface area contributed by atoms with Gasteiger partial charge in [-0.3, -0.25) is 9.78 Å². The molecule has 1 heterocycles. The Hall–Kier alpha value is -1.65. The molecule has 20 heavy (non-hydrogen) atoms. The minimum atomic E-state index is -1.12. The number of ether oxygens (including phenoxy) is 1. The number of benzene rings is 1. The Kier molecular flexibility index (Phi) is 4.26. The van der Waals surface area contributed by atoms with Gasteiger partial charge in [0.2, 0.25) is 5.78 Å². The largest absolute Gasteiger partial charge is 0.478 e. The van der Waals surface area contributed by atoms with Crippen LogP contribution in [0.1, 0.15) is 24.3 Å². The van der Waals surface area contributed by atoms with Gasteiger partial charge in [-0.15, -0.1) is 0 Å². The number of halogens is 2. The second-order valence-electron chi connectivity index (χ2n) is 4.61. The second kappa shape index (κ2) is 5.77. The lowest BCUT2D eigenvalue weighted by Crippen LogP contribution is -2.38. The Balaban J connectivity index is 2.25. The maximum absolute atomic E-state index is 12.4. The van der Waals surface area contributed by atoms with Crippen LogP contribution in [0.3, 0.4) is 0 Å². The quantitative estimate of drug-likeness (QED) is 0.805. The van der Waals surface area contributed by atoms with E-state index in [9.17, 15) is 4.79 Å². The van der Waals surface area contributed by atoms with Crippen molar-refractivity contribution in [2.45, 2.75) is 19.4 Å². The van der Waals surface area contributed by atoms with Crippen LogP contribution < -0.4 is 4.74 Å². The highest BCUT2D eigenvalue weighted by Gasteiger charge is 2.32. The monoisotopic (exact) mass is 310 g/mol. The van der Waals surface area contributed by atoms with E-state index in [1.807, 2.05) is 0 Å². The summed E-state index contributed by atoms with van der Waals surface area (Å²) in [5.74, 6) is 0.106. The summed E-state index contributed by atoms with van der Waals surface area (Å²) >= 11 is 11.9. The smallest absolute Gasteiger partial charge is 0.225 e. The maximum Gasteiger partial charge on any atom is 0.225 e. The zero-order chi connectivity index (χ0) is 14.8. The fourth-order valence-electron chi connectivity index (χ4n) is 1.60. The first-order valence-electron chi connectivity index (χ1n) is 5.85. The van der Waals surface area contributed by atoms with Crippen molar-refractivity contribution in [2.24, 2.45) is 0 Å². The molecule has 0 aliphatic carbocycles. The fourth-order valence-corrected chi connectivity index (χ4v) is 2.05. The van der Waals surface area contributed by atoms with Gasteiger partial charge >= 0.3 is 0 Å². The van der Waals surface area contributed by atoms with Crippen molar-refractivity contribution in [1.29, 1.82) is 0 Å². The predicted molar refractivity (Wildman–Crippen MR) is 77.5 cm³/mol. The number of aromatic nitrogens is 2. The van der Waals surface area contributed by atoms with Crippen LogP contribution in [-0.2, 0) is 0 Å². The first-order chi connectivity index (χ1) is 9.40. The molecular weight excluding hydrogens is 299 g/mol. The van der Waals surface area contributed by atoms with E-state index < -0.39 is 5.60 Å². The average molecular weight is 311 g/mol. The van der Waals surface area contributed by atoms with E-state index in [0.717, 1.165) is 0 Å². The van der Waals surface area contributed by atoms with Crippen molar-refractivity contribution in [3.05, 3.63) is 52.5 Å². The van der Waals surface area contributed by atoms with Crippen molar-refractivity contribution in [2.75, 3.05) is 0 Å². The molecule has 6 heteroatoms. The minimum Gasteiger partial charge on any atom is -0.478 e. The molecule has 0 aliphatic heterocycles. The molecule has 0 saturated carbocycles. The zero-order valence-corrected chi connectivity index (χ0v) is 12.4. The molecule has 0 N–H and O–H groups in total. The van der Waals surface area contributed by atoms with E-state index in [0.29, 0.717) is 15.8 Å². The van der Waals surface area contributed by atoms with E-state index >= 15 is 0 Å². The Bertz CT molecular complexity index is 630. The van der Waals surface area contributed by atoms with Gasteiger partial charge in [-0.1, -0.05) is 23.2 Å². The van der Waals surface area contributed by atoms with Gasteiger partial charge in [0, 0.05) is 17.4 Å². The van der Waals surface area contributed by atoms with Crippen LogP contribution in [0, 0.1) is 0 Å². The van der Waals surface area contributed by atoms with Crippen molar-refractivity contribution >= 4 is 29.0 Å². The highest BCUT2D eigenvalue weighted by atomic mass is 35.5. The van der Waals surface area contributed by atoms with Crippen LogP contribution in [-0.4, -0.2) is 21.4 Å². The van der Waals surface area contributed by atoms with Crippen molar-refractivity contribution in [1.82, 2.24) is 9.97 Å². The van der Waals surface area contributed by atoms with E-state index in [1.165, 1.54) is 18.6 Å². The van der Waals surface area contributed by atoms with E-state index in [1.54, 1.807) is 32.0 Å². The van der Waals surface area contributed by atoms with Crippen LogP contribution in [0.5, 0.6) is 5.75 Å². The molecule has 2 aromatic rings. The number of carbonyl (C=O) groups is 1. The molecular formula is C14H12Cl2N2O2. The average Bonchev–Trinajstić information content (AvgIpc) is 2.42. The molecule has 0 spiro atoms. The summed E-state index contributed by atoms with van der Waals surface area (Å²) in [6, 6.07) is 4.82. The van der Waals surface area contributed by atoms with Crippen molar-refractivity contribution in [3.63, 3.8) is 0 Å². The van der Waals surface area contributed by atoms with Crippen LogP contribution in [0.4, 0.5) is 0 Å². The van der Waals surface area contributed by atoms with Gasteiger partial charge in [0.1, 0.15) is 11.4 Å². The summed E-state index contributed by atoms with van der Waals surface area (Å²) < 4.78 is 5.70. The normalized spacial score (nSPS) is 11.2. The molecule has 0 bridgehead atoms. The molecule has 0 atom stereocenters. The van der Waals surface area contributed by atoms with Gasteiger partial charge in [-0.05, 0) is 32.0 Å². The molecule has 0 radical (unpaired) electrons. The second-order valence-corrected chi connectivity index (χ2v) is 5.45. The lowest BCUT2D eigenvalue weighted by molar-refractivity contribution is 0.0578. The number of hydrogen-bond acceptors (Lipinski definition) is 4. The molecule has 0 amide bonds. The third-order valence-corrected chi connectivity index (χ3v) is 3.13. The molecule has 0 aliphatic rings. The van der Waals surface area contributed by atoms with Gasteiger partial charge in [-0.25, -0.2) is 4.98 Å². The summed E-state index contributed by atoms with van der Waals surface area (Å²) in [6.07, 6.45) is 4.36. The van der Waals surface area contributed by atoms with Crippen LogP contribution >= 0.6 is 23.2 Å². The summed E-state index contributed by atoms with van der Waals surface area (Å²) in [4.78, 5) is 20.2. The first-order valence-corrected chi connectivity index (χ1v) is 6.60. The molecule has 104 valence electrons. The molecule has 4 nitrogen and oxygen atoms in total. The Morgan fingerprint density at radius 3 is 2.60 bits per heavy atom. The minimum absolute atomic E-state index is 0.239. The Labute approximate surface area is 126 Å². The van der Waals surface area contributed by atoms with Crippen molar-refractivity contribution < 1.29 is 9.53 Å². The standard InChI is InChI=1S/C14H12Cl2N2O2/c1-14(2,13(19)11-8-17-5-6-18-11)20-12-4-3-9(15)7-10(12)16/h3-8H,1-2H3. The molecule has 2 rings (SSSR count). The van der Waals surface area contributed by atoms with Gasteiger partial charge in [-0.2, -0.15) is 0 Å². The number of ketones is 1. The summed E-state index contributed by atoms with van der Waals surface area (Å²) in [5.41, 5.74) is -0.879. The van der Waals surface area contributed by atoms with Gasteiger partial charge in [0.05, 0.1) is 11.2 Å². The van der Waals surface area contributed by atoms with Crippen LogP contribution in [0.2, 0.25) is 10.0 Å². The Morgan fingerprint density at radius 2 is 2.00 bits per heavy atom. The number of hydrogen-bond donors (Lipinski definition) is 0. The predicted octanol–water partition coefficient (Wildman–Crippen LogP) is 3.82. The lowest BCUT2D eigenvalue weighted by atomic mass is 10.0. The van der Waals surface area contributed by atoms with Gasteiger partial charge in [0.15, 0.2) is 5.60 Å². The number of Topliss-reactive ketones (excluding diaryl/α,β-unsaturated/α-hetero) is 1. The first kappa shape index (κ1) is 14.8. The number of rotatable bonds is 4. The van der Waals surface area contributed by atoms with Crippen molar-refractivity contribution in [3.8, 4) is 5.75 Å². The zero-order valence-electron chi connectivity index (χ0n) is 10.9. The highest BCUT2D eigenvalue weighted by molar-refractivity contribution is 6.35. The number of carbonyl (C=O) groups excluding carboxylic acids is 1. The summed E-state index contributed by atoms with van der Waals surface area (Å²) in [7, 11) is 0. The SMILES string of the molecule is CC(C)(Oc1ccc(Cl)cc1Cl)C(=O)c1cnccn1. The fraction of sp³-hybridized carbons (Fsp3) is 0.214. The number of nitrogens with zero attached hydrogens (tertiary/aromatic N) is 2. The molecule has 0 unspecified atom stereocenters.